The Morgan fingerprint density at radius 3 is 2.32 bits per heavy atom. The number of amides is 1. The Morgan fingerprint density at radius 1 is 1.32 bits per heavy atom. The molecule has 0 aromatic heterocycles. The summed E-state index contributed by atoms with van der Waals surface area (Å²) >= 11 is 0. The van der Waals surface area contributed by atoms with Crippen molar-refractivity contribution in [3.05, 3.63) is 35.1 Å². The number of ether oxygens (including phenoxy) is 1. The number of carbonyl (C=O) groups excluding carboxylic acids is 1. The molecule has 5 N–H and O–H groups in total. The number of nitrogens with two attached hydrogens (primary N) is 2. The van der Waals surface area contributed by atoms with Crippen molar-refractivity contribution in [1.82, 2.24) is 0 Å². The molecule has 1 aliphatic heterocycles. The average molecular weight is 361 g/mol. The number of carboxylic acid groups (broad SMARTS) is 1. The number of benzene rings is 1. The summed E-state index contributed by atoms with van der Waals surface area (Å²) in [7, 11) is 0. The van der Waals surface area contributed by atoms with E-state index in [1.54, 1.807) is 0 Å². The van der Waals surface area contributed by atoms with E-state index in [0.29, 0.717) is 0 Å². The monoisotopic (exact) mass is 361 g/mol. The lowest BCUT2D eigenvalue weighted by atomic mass is 9.77. The maximum atomic E-state index is 14.8. The van der Waals surface area contributed by atoms with Crippen molar-refractivity contribution in [2.75, 3.05) is 0 Å². The molecule has 0 saturated heterocycles. The first kappa shape index (κ1) is 20.3. The van der Waals surface area contributed by atoms with Crippen LogP contribution in [0.25, 0.3) is 0 Å². The second kappa shape index (κ2) is 6.61. The highest BCUT2D eigenvalue weighted by molar-refractivity contribution is 5.93. The number of hydrogen-bond acceptors (Lipinski definition) is 5. The van der Waals surface area contributed by atoms with Crippen LogP contribution in [0.3, 0.4) is 0 Å². The van der Waals surface area contributed by atoms with Gasteiger partial charge in [0.25, 0.3) is 12.5 Å². The molecule has 10 heteroatoms. The fraction of sp³-hybridized carbons (Fsp3) is 0.400. The van der Waals surface area contributed by atoms with Gasteiger partial charge in [-0.3, -0.25) is 9.59 Å². The van der Waals surface area contributed by atoms with Crippen LogP contribution < -0.4 is 11.5 Å². The number of nitrogens with zero attached hydrogens (tertiary/aromatic N) is 1. The maximum Gasteiger partial charge on any atom is 0.315 e. The van der Waals surface area contributed by atoms with Gasteiger partial charge in [-0.15, -0.1) is 0 Å². The first-order chi connectivity index (χ1) is 11.3. The van der Waals surface area contributed by atoms with Crippen molar-refractivity contribution in [2.24, 2.45) is 16.5 Å². The molecule has 138 valence electrons. The van der Waals surface area contributed by atoms with Crippen LogP contribution in [-0.2, 0) is 15.1 Å². The SMILES string of the molecule is CC1(C)OC(N)=N[C@](C)(c2cc(C(N)=O)ccc2F)C1(F)F.O=CO. The van der Waals surface area contributed by atoms with Crippen molar-refractivity contribution >= 4 is 18.4 Å². The summed E-state index contributed by atoms with van der Waals surface area (Å²) in [4.78, 5) is 23.2. The fourth-order valence-electron chi connectivity index (χ4n) is 2.51. The second-order valence-corrected chi connectivity index (χ2v) is 5.87. The molecule has 0 unspecified atom stereocenters. The number of alkyl halides is 2. The van der Waals surface area contributed by atoms with Gasteiger partial charge in [0.2, 0.25) is 5.91 Å². The zero-order valence-electron chi connectivity index (χ0n) is 13.7. The van der Waals surface area contributed by atoms with Gasteiger partial charge in [-0.1, -0.05) is 0 Å². The average Bonchev–Trinajstić information content (AvgIpc) is 2.45. The summed E-state index contributed by atoms with van der Waals surface area (Å²) in [5.41, 5.74) is 5.66. The van der Waals surface area contributed by atoms with Gasteiger partial charge in [0.15, 0.2) is 11.1 Å². The van der Waals surface area contributed by atoms with Crippen LogP contribution in [0.2, 0.25) is 0 Å². The topological polar surface area (TPSA) is 128 Å². The summed E-state index contributed by atoms with van der Waals surface area (Å²) in [5.74, 6) is -5.40. The third-order valence-corrected chi connectivity index (χ3v) is 3.84. The Bertz CT molecular complexity index is 722. The molecular formula is C15H18F3N3O4. The van der Waals surface area contributed by atoms with Crippen LogP contribution in [-0.4, -0.2) is 35.0 Å². The summed E-state index contributed by atoms with van der Waals surface area (Å²) in [6, 6.07) is 2.48. The van der Waals surface area contributed by atoms with Crippen molar-refractivity contribution < 1.29 is 32.6 Å². The normalized spacial score (nSPS) is 23.4. The van der Waals surface area contributed by atoms with E-state index in [2.05, 4.69) is 4.99 Å². The Kier molecular flexibility index (Phi) is 5.36. The van der Waals surface area contributed by atoms with E-state index in [0.717, 1.165) is 39.0 Å². The molecule has 25 heavy (non-hydrogen) atoms. The highest BCUT2D eigenvalue weighted by Gasteiger charge is 2.66. The molecule has 0 bridgehead atoms. The molecule has 7 nitrogen and oxygen atoms in total. The van der Waals surface area contributed by atoms with Gasteiger partial charge < -0.3 is 21.3 Å². The lowest BCUT2D eigenvalue weighted by Gasteiger charge is -2.46. The summed E-state index contributed by atoms with van der Waals surface area (Å²) < 4.78 is 48.7. The van der Waals surface area contributed by atoms with Crippen molar-refractivity contribution in [3.63, 3.8) is 0 Å². The zero-order valence-corrected chi connectivity index (χ0v) is 13.7. The largest absolute Gasteiger partial charge is 0.483 e. The smallest absolute Gasteiger partial charge is 0.315 e. The predicted octanol–water partition coefficient (Wildman–Crippen LogP) is 1.60. The summed E-state index contributed by atoms with van der Waals surface area (Å²) in [5, 5.41) is 6.89. The van der Waals surface area contributed by atoms with E-state index in [4.69, 9.17) is 26.1 Å². The molecule has 1 amide bonds. The summed E-state index contributed by atoms with van der Waals surface area (Å²) in [6.07, 6.45) is 0. The fourth-order valence-corrected chi connectivity index (χ4v) is 2.51. The maximum absolute atomic E-state index is 14.8. The van der Waals surface area contributed by atoms with Crippen LogP contribution in [0.5, 0.6) is 0 Å². The van der Waals surface area contributed by atoms with Gasteiger partial charge in [0, 0.05) is 11.1 Å². The first-order valence-electron chi connectivity index (χ1n) is 6.94. The van der Waals surface area contributed by atoms with Crippen LogP contribution in [0.4, 0.5) is 13.2 Å². The van der Waals surface area contributed by atoms with Crippen LogP contribution in [0.1, 0.15) is 36.7 Å². The second-order valence-electron chi connectivity index (χ2n) is 5.87. The van der Waals surface area contributed by atoms with Crippen LogP contribution >= 0.6 is 0 Å². The lowest BCUT2D eigenvalue weighted by molar-refractivity contribution is -0.207. The number of aliphatic imine (C=N–C) groups is 1. The van der Waals surface area contributed by atoms with Gasteiger partial charge in [0.05, 0.1) is 0 Å². The number of amidine groups is 1. The van der Waals surface area contributed by atoms with E-state index >= 15 is 0 Å². The Labute approximate surface area is 141 Å². The molecule has 0 fully saturated rings. The van der Waals surface area contributed by atoms with E-state index < -0.39 is 40.4 Å². The standard InChI is InChI=1S/C14H16F3N3O2.CH2O2/c1-12(2)14(16,17)13(3,20-11(19)22-12)8-6-7(10(18)21)4-5-9(8)15;2-1-3/h4-6H,1-3H3,(H2,18,21)(H2,19,20);1H,(H,2,3)/t13-;/m1./s1. The Hall–Kier alpha value is -2.78. The van der Waals surface area contributed by atoms with Crippen LogP contribution in [0.15, 0.2) is 23.2 Å². The van der Waals surface area contributed by atoms with E-state index in [1.807, 2.05) is 0 Å². The van der Waals surface area contributed by atoms with Gasteiger partial charge in [0.1, 0.15) is 5.82 Å². The van der Waals surface area contributed by atoms with Crippen molar-refractivity contribution in [3.8, 4) is 0 Å². The first-order valence-corrected chi connectivity index (χ1v) is 6.94. The van der Waals surface area contributed by atoms with Crippen molar-refractivity contribution in [2.45, 2.75) is 37.8 Å². The van der Waals surface area contributed by atoms with Gasteiger partial charge >= 0.3 is 5.92 Å². The molecular weight excluding hydrogens is 343 g/mol. The van der Waals surface area contributed by atoms with Crippen LogP contribution in [0, 0.1) is 5.82 Å². The minimum atomic E-state index is -3.60. The van der Waals surface area contributed by atoms with Gasteiger partial charge in [-0.2, -0.15) is 8.78 Å². The zero-order chi connectivity index (χ0) is 19.6. The molecule has 2 rings (SSSR count). The number of halogens is 3. The molecule has 0 spiro atoms. The molecule has 0 radical (unpaired) electrons. The summed E-state index contributed by atoms with van der Waals surface area (Å²) in [6.45, 7) is 3.04. The quantitative estimate of drug-likeness (QED) is 0.689. The Morgan fingerprint density at radius 2 is 1.84 bits per heavy atom. The lowest BCUT2D eigenvalue weighted by Crippen LogP contribution is -2.62. The number of primary amides is 1. The van der Waals surface area contributed by atoms with E-state index in [-0.39, 0.29) is 12.0 Å². The minimum absolute atomic E-state index is 0.105. The van der Waals surface area contributed by atoms with E-state index in [1.165, 1.54) is 0 Å². The number of hydrogen-bond donors (Lipinski definition) is 3. The van der Waals surface area contributed by atoms with E-state index in [9.17, 15) is 18.0 Å². The molecule has 1 heterocycles. The highest BCUT2D eigenvalue weighted by Crippen LogP contribution is 2.51. The highest BCUT2D eigenvalue weighted by atomic mass is 19.3. The molecule has 1 aliphatic rings. The third-order valence-electron chi connectivity index (χ3n) is 3.84. The molecule has 1 atom stereocenters. The molecule has 0 saturated carbocycles. The number of rotatable bonds is 2. The van der Waals surface area contributed by atoms with Gasteiger partial charge in [-0.05, 0) is 39.0 Å². The Balaban J connectivity index is 0.000000970. The molecule has 0 aliphatic carbocycles. The predicted molar refractivity (Wildman–Crippen MR) is 82.7 cm³/mol. The molecule has 1 aromatic carbocycles. The third kappa shape index (κ3) is 3.37. The van der Waals surface area contributed by atoms with Crippen molar-refractivity contribution in [1.29, 1.82) is 0 Å². The minimum Gasteiger partial charge on any atom is -0.483 e. The molecule has 1 aromatic rings. The van der Waals surface area contributed by atoms with Gasteiger partial charge in [-0.25, -0.2) is 9.38 Å². The number of carbonyl (C=O) groups is 2.